The molecule has 0 aliphatic heterocycles. The number of aryl methyl sites for hydroxylation is 1. The minimum absolute atomic E-state index is 0.0358. The highest BCUT2D eigenvalue weighted by molar-refractivity contribution is 5.89. The van der Waals surface area contributed by atoms with Gasteiger partial charge in [-0.05, 0) is 42.0 Å². The van der Waals surface area contributed by atoms with Gasteiger partial charge in [0, 0.05) is 6.08 Å². The third-order valence-electron chi connectivity index (χ3n) is 5.18. The maximum Gasteiger partial charge on any atom is 0.331 e. The van der Waals surface area contributed by atoms with Gasteiger partial charge < -0.3 is 10.1 Å². The molecule has 31 heavy (non-hydrogen) atoms. The Balaban J connectivity index is 1.24. The fraction of sp³-hybridized carbons (Fsp3) is 0.250. The van der Waals surface area contributed by atoms with Gasteiger partial charge in [0.2, 0.25) is 0 Å². The zero-order valence-electron chi connectivity index (χ0n) is 17.1. The van der Waals surface area contributed by atoms with Crippen LogP contribution in [0.15, 0.2) is 66.9 Å². The average Bonchev–Trinajstić information content (AvgIpc) is 3.24. The minimum Gasteiger partial charge on any atom is -0.452 e. The van der Waals surface area contributed by atoms with E-state index in [0.29, 0.717) is 12.2 Å². The van der Waals surface area contributed by atoms with Crippen molar-refractivity contribution in [1.29, 1.82) is 0 Å². The summed E-state index contributed by atoms with van der Waals surface area (Å²) < 4.78 is 6.76. The van der Waals surface area contributed by atoms with Crippen LogP contribution in [0.2, 0.25) is 0 Å². The summed E-state index contributed by atoms with van der Waals surface area (Å²) in [5, 5.41) is 11.0. The normalized spacial score (nSPS) is 15.4. The second-order valence-corrected chi connectivity index (χ2v) is 7.48. The molecule has 0 bridgehead atoms. The molecule has 1 heterocycles. The third-order valence-corrected chi connectivity index (χ3v) is 5.18. The first-order chi connectivity index (χ1) is 15.2. The van der Waals surface area contributed by atoms with Gasteiger partial charge in [-0.15, -0.1) is 5.10 Å². The molecular weight excluding hydrogens is 392 g/mol. The van der Waals surface area contributed by atoms with Crippen molar-refractivity contribution in [2.75, 3.05) is 6.61 Å². The lowest BCUT2D eigenvalue weighted by Crippen LogP contribution is -2.34. The highest BCUT2D eigenvalue weighted by atomic mass is 16.5. The van der Waals surface area contributed by atoms with Gasteiger partial charge in [0.15, 0.2) is 6.61 Å². The zero-order chi connectivity index (χ0) is 21.5. The van der Waals surface area contributed by atoms with Crippen LogP contribution in [0.1, 0.15) is 41.3 Å². The first kappa shape index (κ1) is 20.5. The van der Waals surface area contributed by atoms with E-state index in [0.717, 1.165) is 30.4 Å². The second-order valence-electron chi connectivity index (χ2n) is 7.48. The van der Waals surface area contributed by atoms with E-state index in [2.05, 4.69) is 21.7 Å². The van der Waals surface area contributed by atoms with Gasteiger partial charge in [-0.3, -0.25) is 4.79 Å². The quantitative estimate of drug-likeness (QED) is 0.473. The number of rotatable bonds is 7. The van der Waals surface area contributed by atoms with Crippen LogP contribution in [0.25, 0.3) is 6.08 Å². The Bertz CT molecular complexity index is 1080. The number of hydrogen-bond donors (Lipinski definition) is 1. The van der Waals surface area contributed by atoms with E-state index >= 15 is 0 Å². The van der Waals surface area contributed by atoms with Gasteiger partial charge in [0.1, 0.15) is 5.69 Å². The van der Waals surface area contributed by atoms with Crippen LogP contribution in [-0.2, 0) is 27.3 Å². The topological polar surface area (TPSA) is 86.1 Å². The van der Waals surface area contributed by atoms with Gasteiger partial charge in [0.25, 0.3) is 5.91 Å². The van der Waals surface area contributed by atoms with E-state index in [1.165, 1.54) is 17.7 Å². The van der Waals surface area contributed by atoms with Gasteiger partial charge >= 0.3 is 5.97 Å². The molecule has 4 rings (SSSR count). The number of esters is 1. The van der Waals surface area contributed by atoms with E-state index in [1.54, 1.807) is 10.9 Å². The summed E-state index contributed by atoms with van der Waals surface area (Å²) in [6.45, 7) is 0.277. The molecule has 1 aliphatic rings. The van der Waals surface area contributed by atoms with Crippen molar-refractivity contribution < 1.29 is 14.3 Å². The number of carbonyl (C=O) groups is 2. The van der Waals surface area contributed by atoms with Crippen LogP contribution in [0.3, 0.4) is 0 Å². The van der Waals surface area contributed by atoms with Crippen molar-refractivity contribution in [2.24, 2.45) is 0 Å². The molecule has 0 unspecified atom stereocenters. The van der Waals surface area contributed by atoms with Crippen LogP contribution in [0.4, 0.5) is 0 Å². The van der Waals surface area contributed by atoms with E-state index < -0.39 is 5.97 Å². The Morgan fingerprint density at radius 3 is 2.81 bits per heavy atom. The van der Waals surface area contributed by atoms with Gasteiger partial charge in [-0.1, -0.05) is 59.8 Å². The van der Waals surface area contributed by atoms with Crippen molar-refractivity contribution in [3.8, 4) is 0 Å². The van der Waals surface area contributed by atoms with E-state index in [1.807, 2.05) is 48.5 Å². The molecule has 7 heteroatoms. The number of fused-ring (bicyclic) bond motifs is 1. The van der Waals surface area contributed by atoms with Crippen LogP contribution >= 0.6 is 0 Å². The van der Waals surface area contributed by atoms with Crippen molar-refractivity contribution in [2.45, 2.75) is 31.8 Å². The lowest BCUT2D eigenvalue weighted by molar-refractivity contribution is -0.144. The smallest absolute Gasteiger partial charge is 0.331 e. The number of nitrogens with zero attached hydrogens (tertiary/aromatic N) is 3. The number of ether oxygens (including phenoxy) is 1. The lowest BCUT2D eigenvalue weighted by Gasteiger charge is -2.26. The standard InChI is InChI=1S/C24H24N4O3/c29-23(25-22-12-6-10-19-9-4-5-11-21(19)22)17-31-24(30)14-13-20-16-28(27-26-20)15-18-7-2-1-3-8-18/h1-5,7-9,11,13-14,16,22H,6,10,12,15,17H2,(H,25,29)/b14-13+/t22-/m1/s1. The highest BCUT2D eigenvalue weighted by Gasteiger charge is 2.21. The SMILES string of the molecule is O=C(COC(=O)/C=C/c1cn(Cc2ccccc2)nn1)N[C@@H]1CCCc2ccccc21. The third kappa shape index (κ3) is 5.66. The highest BCUT2D eigenvalue weighted by Crippen LogP contribution is 2.29. The Hall–Kier alpha value is -3.74. The molecule has 0 spiro atoms. The summed E-state index contributed by atoms with van der Waals surface area (Å²) in [6.07, 6.45) is 7.44. The van der Waals surface area contributed by atoms with Crippen molar-refractivity contribution >= 4 is 18.0 Å². The molecule has 1 N–H and O–H groups in total. The van der Waals surface area contributed by atoms with Crippen LogP contribution in [0.5, 0.6) is 0 Å². The fourth-order valence-electron chi connectivity index (χ4n) is 3.72. The number of nitrogens with one attached hydrogen (secondary N) is 1. The maximum atomic E-state index is 12.2. The van der Waals surface area contributed by atoms with E-state index in [-0.39, 0.29) is 18.6 Å². The molecule has 0 saturated carbocycles. The summed E-state index contributed by atoms with van der Waals surface area (Å²) in [5.74, 6) is -0.908. The van der Waals surface area contributed by atoms with Gasteiger partial charge in [-0.25, -0.2) is 9.48 Å². The summed E-state index contributed by atoms with van der Waals surface area (Å²) in [7, 11) is 0. The van der Waals surface area contributed by atoms with E-state index in [9.17, 15) is 9.59 Å². The molecule has 0 radical (unpaired) electrons. The largest absolute Gasteiger partial charge is 0.452 e. The van der Waals surface area contributed by atoms with Crippen LogP contribution in [0, 0.1) is 0 Å². The van der Waals surface area contributed by atoms with Crippen molar-refractivity contribution in [3.05, 3.63) is 89.3 Å². The fourth-order valence-corrected chi connectivity index (χ4v) is 3.72. The minimum atomic E-state index is -0.600. The number of benzene rings is 2. The zero-order valence-corrected chi connectivity index (χ0v) is 17.1. The average molecular weight is 416 g/mol. The summed E-state index contributed by atoms with van der Waals surface area (Å²) in [4.78, 5) is 24.2. The molecule has 1 aliphatic carbocycles. The Morgan fingerprint density at radius 1 is 1.13 bits per heavy atom. The van der Waals surface area contributed by atoms with Gasteiger partial charge in [-0.2, -0.15) is 0 Å². The molecule has 1 atom stereocenters. The van der Waals surface area contributed by atoms with Crippen molar-refractivity contribution in [1.82, 2.24) is 20.3 Å². The lowest BCUT2D eigenvalue weighted by atomic mass is 9.88. The number of aromatic nitrogens is 3. The molecule has 3 aromatic rings. The summed E-state index contributed by atoms with van der Waals surface area (Å²) >= 11 is 0. The maximum absolute atomic E-state index is 12.2. The second kappa shape index (κ2) is 9.84. The molecule has 158 valence electrons. The first-order valence-corrected chi connectivity index (χ1v) is 10.3. The van der Waals surface area contributed by atoms with E-state index in [4.69, 9.17) is 4.74 Å². The van der Waals surface area contributed by atoms with Crippen LogP contribution in [-0.4, -0.2) is 33.5 Å². The predicted octanol–water partition coefficient (Wildman–Crippen LogP) is 3.08. The Labute approximate surface area is 180 Å². The predicted molar refractivity (Wildman–Crippen MR) is 116 cm³/mol. The first-order valence-electron chi connectivity index (χ1n) is 10.3. The monoisotopic (exact) mass is 416 g/mol. The number of amides is 1. The summed E-state index contributed by atoms with van der Waals surface area (Å²) in [6, 6.07) is 18.0. The molecule has 2 aromatic carbocycles. The van der Waals surface area contributed by atoms with Crippen molar-refractivity contribution in [3.63, 3.8) is 0 Å². The molecule has 0 saturated heterocycles. The molecule has 0 fully saturated rings. The number of carbonyl (C=O) groups excluding carboxylic acids is 2. The number of hydrogen-bond acceptors (Lipinski definition) is 5. The molecular formula is C24H24N4O3. The van der Waals surface area contributed by atoms with Crippen LogP contribution < -0.4 is 5.32 Å². The molecule has 7 nitrogen and oxygen atoms in total. The summed E-state index contributed by atoms with van der Waals surface area (Å²) in [5.41, 5.74) is 4.05. The molecule has 1 aromatic heterocycles. The Kier molecular flexibility index (Phi) is 6.52. The van der Waals surface area contributed by atoms with Gasteiger partial charge in [0.05, 0.1) is 18.8 Å². The Morgan fingerprint density at radius 2 is 1.94 bits per heavy atom. The molecule has 1 amide bonds.